The van der Waals surface area contributed by atoms with Gasteiger partial charge < -0.3 is 4.74 Å². The maximum atomic E-state index is 12.7. The van der Waals surface area contributed by atoms with Crippen LogP contribution in [0.5, 0.6) is 5.75 Å². The largest absolute Gasteiger partial charge is 0.493 e. The lowest BCUT2D eigenvalue weighted by Gasteiger charge is -2.17. The van der Waals surface area contributed by atoms with Crippen LogP contribution in [0.1, 0.15) is 28.7 Å². The van der Waals surface area contributed by atoms with Gasteiger partial charge in [-0.25, -0.2) is 0 Å². The van der Waals surface area contributed by atoms with Crippen LogP contribution in [0.25, 0.3) is 6.08 Å². The summed E-state index contributed by atoms with van der Waals surface area (Å²) in [6.07, 6.45) is 3.78. The summed E-state index contributed by atoms with van der Waals surface area (Å²) >= 11 is 1.00. The van der Waals surface area contributed by atoms with E-state index in [0.717, 1.165) is 59.2 Å². The van der Waals surface area contributed by atoms with Gasteiger partial charge in [-0.1, -0.05) is 35.9 Å². The molecular formula is C21H19NO3S. The van der Waals surface area contributed by atoms with Gasteiger partial charge in [0.25, 0.3) is 11.1 Å². The predicted octanol–water partition coefficient (Wildman–Crippen LogP) is 4.56. The van der Waals surface area contributed by atoms with Gasteiger partial charge in [-0.15, -0.1) is 0 Å². The van der Waals surface area contributed by atoms with Gasteiger partial charge >= 0.3 is 0 Å². The number of carbonyl (C=O) groups is 2. The minimum atomic E-state index is -0.227. The van der Waals surface area contributed by atoms with E-state index in [1.807, 2.05) is 49.4 Å². The van der Waals surface area contributed by atoms with Crippen molar-refractivity contribution < 1.29 is 14.3 Å². The monoisotopic (exact) mass is 365 g/mol. The Morgan fingerprint density at radius 2 is 1.96 bits per heavy atom. The van der Waals surface area contributed by atoms with Crippen LogP contribution < -0.4 is 4.74 Å². The maximum Gasteiger partial charge on any atom is 0.293 e. The molecule has 0 saturated carbocycles. The topological polar surface area (TPSA) is 46.6 Å². The molecule has 0 N–H and O–H groups in total. The van der Waals surface area contributed by atoms with Gasteiger partial charge in [0.2, 0.25) is 0 Å². The lowest BCUT2D eigenvalue weighted by atomic mass is 10.0. The average Bonchev–Trinajstić information content (AvgIpc) is 2.91. The minimum absolute atomic E-state index is 0.219. The van der Waals surface area contributed by atoms with Gasteiger partial charge in [-0.3, -0.25) is 14.5 Å². The number of fused-ring (bicyclic) bond motifs is 1. The molecule has 0 aromatic heterocycles. The fourth-order valence-electron chi connectivity index (χ4n) is 3.13. The highest BCUT2D eigenvalue weighted by Crippen LogP contribution is 2.34. The fraction of sp³-hybridized carbons (Fsp3) is 0.238. The molecule has 2 aromatic rings. The molecule has 5 heteroatoms. The lowest BCUT2D eigenvalue weighted by Crippen LogP contribution is -2.27. The van der Waals surface area contributed by atoms with E-state index in [0.29, 0.717) is 11.4 Å². The molecule has 0 aliphatic carbocycles. The van der Waals surface area contributed by atoms with Crippen LogP contribution in [0.2, 0.25) is 0 Å². The van der Waals surface area contributed by atoms with Gasteiger partial charge in [0, 0.05) is 0 Å². The Morgan fingerprint density at radius 3 is 2.77 bits per heavy atom. The van der Waals surface area contributed by atoms with Crippen LogP contribution in [0.3, 0.4) is 0 Å². The fourth-order valence-corrected chi connectivity index (χ4v) is 3.97. The van der Waals surface area contributed by atoms with Crippen molar-refractivity contribution >= 4 is 29.0 Å². The van der Waals surface area contributed by atoms with E-state index < -0.39 is 0 Å². The number of nitrogens with zero attached hydrogens (tertiary/aromatic N) is 1. The SMILES string of the molecule is Cc1ccc(CN2C(=O)SC(=Cc3ccc4c(c3)CCCO4)C2=O)cc1. The van der Waals surface area contributed by atoms with Crippen molar-refractivity contribution in [3.63, 3.8) is 0 Å². The highest BCUT2D eigenvalue weighted by molar-refractivity contribution is 8.18. The zero-order valence-corrected chi connectivity index (χ0v) is 15.3. The molecular weight excluding hydrogens is 346 g/mol. The molecule has 2 aliphatic rings. The number of aryl methyl sites for hydroxylation is 2. The first-order chi connectivity index (χ1) is 12.6. The first kappa shape index (κ1) is 16.9. The molecule has 2 aromatic carbocycles. The van der Waals surface area contributed by atoms with Gasteiger partial charge in [-0.05, 0) is 66.4 Å². The second-order valence-electron chi connectivity index (χ2n) is 6.57. The van der Waals surface area contributed by atoms with Crippen molar-refractivity contribution in [3.05, 3.63) is 69.6 Å². The van der Waals surface area contributed by atoms with Crippen molar-refractivity contribution in [3.8, 4) is 5.75 Å². The Bertz CT molecular complexity index is 902. The lowest BCUT2D eigenvalue weighted by molar-refractivity contribution is -0.123. The number of carbonyl (C=O) groups excluding carboxylic acids is 2. The molecule has 2 heterocycles. The van der Waals surface area contributed by atoms with Crippen LogP contribution in [0.4, 0.5) is 4.79 Å². The third kappa shape index (κ3) is 3.40. The third-order valence-corrected chi connectivity index (χ3v) is 5.47. The van der Waals surface area contributed by atoms with Crippen molar-refractivity contribution in [2.75, 3.05) is 6.61 Å². The molecule has 0 radical (unpaired) electrons. The number of ether oxygens (including phenoxy) is 1. The first-order valence-electron chi connectivity index (χ1n) is 8.67. The quantitative estimate of drug-likeness (QED) is 0.748. The zero-order valence-electron chi connectivity index (χ0n) is 14.5. The second-order valence-corrected chi connectivity index (χ2v) is 7.57. The van der Waals surface area contributed by atoms with Crippen molar-refractivity contribution in [1.82, 2.24) is 4.90 Å². The van der Waals surface area contributed by atoms with Gasteiger partial charge in [0.1, 0.15) is 5.75 Å². The summed E-state index contributed by atoms with van der Waals surface area (Å²) in [4.78, 5) is 26.7. The number of thioether (sulfide) groups is 1. The van der Waals surface area contributed by atoms with E-state index in [1.165, 1.54) is 4.90 Å². The summed E-state index contributed by atoms with van der Waals surface area (Å²) < 4.78 is 5.62. The number of benzene rings is 2. The van der Waals surface area contributed by atoms with E-state index in [4.69, 9.17) is 4.74 Å². The molecule has 0 spiro atoms. The Balaban J connectivity index is 1.54. The average molecular weight is 365 g/mol. The molecule has 0 atom stereocenters. The summed E-state index contributed by atoms with van der Waals surface area (Å²) in [5, 5.41) is -0.219. The molecule has 0 unspecified atom stereocenters. The number of amides is 2. The standard InChI is InChI=1S/C21H19NO3S/c1-14-4-6-15(7-5-14)13-22-20(23)19(26-21(22)24)12-16-8-9-18-17(11-16)3-2-10-25-18/h4-9,11-12H,2-3,10,13H2,1H3. The van der Waals surface area contributed by atoms with E-state index in [-0.39, 0.29) is 11.1 Å². The van der Waals surface area contributed by atoms with Crippen LogP contribution in [-0.4, -0.2) is 22.7 Å². The molecule has 4 rings (SSSR count). The van der Waals surface area contributed by atoms with Crippen molar-refractivity contribution in [2.45, 2.75) is 26.3 Å². The predicted molar refractivity (Wildman–Crippen MR) is 103 cm³/mol. The van der Waals surface area contributed by atoms with E-state index >= 15 is 0 Å². The molecule has 0 bridgehead atoms. The zero-order chi connectivity index (χ0) is 18.1. The number of imide groups is 1. The number of rotatable bonds is 3. The molecule has 4 nitrogen and oxygen atoms in total. The van der Waals surface area contributed by atoms with Crippen LogP contribution in [0, 0.1) is 6.92 Å². The Kier molecular flexibility index (Phi) is 4.55. The van der Waals surface area contributed by atoms with Gasteiger partial charge in [0.15, 0.2) is 0 Å². The first-order valence-corrected chi connectivity index (χ1v) is 9.48. The summed E-state index contributed by atoms with van der Waals surface area (Å²) in [6, 6.07) is 13.8. The summed E-state index contributed by atoms with van der Waals surface area (Å²) in [5.74, 6) is 0.690. The van der Waals surface area contributed by atoms with Gasteiger partial charge in [-0.2, -0.15) is 0 Å². The van der Waals surface area contributed by atoms with Crippen LogP contribution in [-0.2, 0) is 17.8 Å². The maximum absolute atomic E-state index is 12.7. The highest BCUT2D eigenvalue weighted by Gasteiger charge is 2.35. The van der Waals surface area contributed by atoms with E-state index in [2.05, 4.69) is 0 Å². The smallest absolute Gasteiger partial charge is 0.293 e. The Hall–Kier alpha value is -2.53. The molecule has 2 amide bonds. The Labute approximate surface area is 156 Å². The highest BCUT2D eigenvalue weighted by atomic mass is 32.2. The van der Waals surface area contributed by atoms with E-state index in [9.17, 15) is 9.59 Å². The van der Waals surface area contributed by atoms with Crippen molar-refractivity contribution in [1.29, 1.82) is 0 Å². The number of hydrogen-bond acceptors (Lipinski definition) is 4. The third-order valence-electron chi connectivity index (χ3n) is 4.57. The Morgan fingerprint density at radius 1 is 1.15 bits per heavy atom. The molecule has 26 heavy (non-hydrogen) atoms. The summed E-state index contributed by atoms with van der Waals surface area (Å²) in [5.41, 5.74) is 4.18. The number of hydrogen-bond donors (Lipinski definition) is 0. The van der Waals surface area contributed by atoms with Crippen LogP contribution >= 0.6 is 11.8 Å². The minimum Gasteiger partial charge on any atom is -0.493 e. The molecule has 1 fully saturated rings. The summed E-state index contributed by atoms with van der Waals surface area (Å²) in [6.45, 7) is 3.07. The summed E-state index contributed by atoms with van der Waals surface area (Å²) in [7, 11) is 0. The van der Waals surface area contributed by atoms with Gasteiger partial charge in [0.05, 0.1) is 18.1 Å². The molecule has 132 valence electrons. The normalized spacial score (nSPS) is 18.2. The van der Waals surface area contributed by atoms with E-state index in [1.54, 1.807) is 6.08 Å². The molecule has 1 saturated heterocycles. The molecule has 2 aliphatic heterocycles. The second kappa shape index (κ2) is 7.00. The van der Waals surface area contributed by atoms with Crippen LogP contribution in [0.15, 0.2) is 47.4 Å². The van der Waals surface area contributed by atoms with Crippen molar-refractivity contribution in [2.24, 2.45) is 0 Å².